The number of nitrogens with zero attached hydrogens (tertiary/aromatic N) is 1. The van der Waals surface area contributed by atoms with Crippen LogP contribution < -0.4 is 10.1 Å². The number of carbonyl (C=O) groups is 1. The minimum absolute atomic E-state index is 0.0000651. The monoisotopic (exact) mass is 472 g/mol. The molecule has 3 aromatic rings. The molecule has 9 heteroatoms. The lowest BCUT2D eigenvalue weighted by Gasteiger charge is -2.35. The van der Waals surface area contributed by atoms with Crippen LogP contribution in [0.15, 0.2) is 71.6 Å². The first-order valence-electron chi connectivity index (χ1n) is 10.4. The molecule has 1 aliphatic heterocycles. The van der Waals surface area contributed by atoms with E-state index in [1.54, 1.807) is 30.3 Å². The van der Waals surface area contributed by atoms with Crippen LogP contribution >= 0.6 is 0 Å². The van der Waals surface area contributed by atoms with Crippen LogP contribution in [-0.4, -0.2) is 31.3 Å². The number of halogens is 2. The number of ether oxygens (including phenoxy) is 1. The third-order valence-electron chi connectivity index (χ3n) is 5.44. The first-order chi connectivity index (χ1) is 15.8. The third kappa shape index (κ3) is 4.74. The lowest BCUT2D eigenvalue weighted by Crippen LogP contribution is -2.50. The molecular weight excluding hydrogens is 450 g/mol. The van der Waals surface area contributed by atoms with E-state index in [9.17, 15) is 22.0 Å². The number of carbonyl (C=O) groups excluding carboxylic acids is 1. The number of rotatable bonds is 6. The molecule has 1 amide bonds. The zero-order valence-corrected chi connectivity index (χ0v) is 18.6. The summed E-state index contributed by atoms with van der Waals surface area (Å²) < 4.78 is 61.2. The number of fused-ring (bicyclic) bond motifs is 1. The van der Waals surface area contributed by atoms with Gasteiger partial charge in [0.15, 0.2) is 0 Å². The van der Waals surface area contributed by atoms with E-state index in [1.807, 2.05) is 13.0 Å². The minimum Gasteiger partial charge on any atom is -0.494 e. The van der Waals surface area contributed by atoms with Gasteiger partial charge in [-0.25, -0.2) is 17.2 Å². The Morgan fingerprint density at radius 1 is 1.06 bits per heavy atom. The first kappa shape index (κ1) is 22.9. The van der Waals surface area contributed by atoms with E-state index in [-0.39, 0.29) is 23.5 Å². The Bertz CT molecular complexity index is 1280. The standard InChI is InChI=1S/C24H22F2N2O4S/c1-2-32-19-8-10-20(11-9-19)33(30,31)28-15-17-6-4-3-5-16(17)13-23(28)24(29)27-22-14-18(25)7-12-21(22)26/h3-12,14,23H,2,13,15H2,1H3,(H,27,29)/t23-/m1/s1. The maximum absolute atomic E-state index is 14.1. The van der Waals surface area contributed by atoms with Crippen molar-refractivity contribution in [1.29, 1.82) is 0 Å². The molecule has 0 aromatic heterocycles. The van der Waals surface area contributed by atoms with E-state index in [4.69, 9.17) is 4.74 Å². The number of hydrogen-bond acceptors (Lipinski definition) is 4. The van der Waals surface area contributed by atoms with Crippen molar-refractivity contribution in [3.63, 3.8) is 0 Å². The Hall–Kier alpha value is -3.30. The molecule has 1 atom stereocenters. The van der Waals surface area contributed by atoms with Crippen LogP contribution in [0.1, 0.15) is 18.1 Å². The van der Waals surface area contributed by atoms with Crippen molar-refractivity contribution in [3.8, 4) is 5.75 Å². The molecule has 0 spiro atoms. The number of benzene rings is 3. The highest BCUT2D eigenvalue weighted by molar-refractivity contribution is 7.89. The molecule has 172 valence electrons. The van der Waals surface area contributed by atoms with Crippen molar-refractivity contribution < 1.29 is 26.7 Å². The van der Waals surface area contributed by atoms with E-state index in [0.717, 1.165) is 33.6 Å². The zero-order chi connectivity index (χ0) is 23.6. The molecule has 0 aliphatic carbocycles. The summed E-state index contributed by atoms with van der Waals surface area (Å²) in [5.41, 5.74) is 1.24. The second-order valence-electron chi connectivity index (χ2n) is 7.56. The zero-order valence-electron chi connectivity index (χ0n) is 17.8. The van der Waals surface area contributed by atoms with Gasteiger partial charge in [0.05, 0.1) is 17.2 Å². The van der Waals surface area contributed by atoms with Gasteiger partial charge in [0, 0.05) is 12.6 Å². The number of sulfonamides is 1. The first-order valence-corrected chi connectivity index (χ1v) is 11.8. The second kappa shape index (κ2) is 9.29. The summed E-state index contributed by atoms with van der Waals surface area (Å²) in [5, 5.41) is 2.35. The molecular formula is C24H22F2N2O4S. The van der Waals surface area contributed by atoms with Gasteiger partial charge in [-0.1, -0.05) is 24.3 Å². The highest BCUT2D eigenvalue weighted by atomic mass is 32.2. The fourth-order valence-corrected chi connectivity index (χ4v) is 5.36. The van der Waals surface area contributed by atoms with Crippen molar-refractivity contribution >= 4 is 21.6 Å². The topological polar surface area (TPSA) is 75.7 Å². The van der Waals surface area contributed by atoms with Crippen LogP contribution in [0.5, 0.6) is 5.75 Å². The van der Waals surface area contributed by atoms with Crippen LogP contribution in [0.3, 0.4) is 0 Å². The van der Waals surface area contributed by atoms with E-state index >= 15 is 0 Å². The largest absolute Gasteiger partial charge is 0.494 e. The van der Waals surface area contributed by atoms with Crippen LogP contribution in [0, 0.1) is 11.6 Å². The summed E-state index contributed by atoms with van der Waals surface area (Å²) in [6.07, 6.45) is 0.0925. The maximum Gasteiger partial charge on any atom is 0.244 e. The van der Waals surface area contributed by atoms with Gasteiger partial charge in [0.25, 0.3) is 0 Å². The van der Waals surface area contributed by atoms with Crippen LogP contribution in [-0.2, 0) is 27.8 Å². The Kier molecular flexibility index (Phi) is 6.44. The lowest BCUT2D eigenvalue weighted by molar-refractivity contribution is -0.120. The second-order valence-corrected chi connectivity index (χ2v) is 9.45. The molecule has 1 heterocycles. The summed E-state index contributed by atoms with van der Waals surface area (Å²) in [6, 6.07) is 14.7. The molecule has 0 unspecified atom stereocenters. The number of anilines is 1. The van der Waals surface area contributed by atoms with E-state index < -0.39 is 33.6 Å². The molecule has 0 fully saturated rings. The molecule has 6 nitrogen and oxygen atoms in total. The molecule has 1 N–H and O–H groups in total. The highest BCUT2D eigenvalue weighted by Crippen LogP contribution is 2.31. The molecule has 0 radical (unpaired) electrons. The van der Waals surface area contributed by atoms with Crippen LogP contribution in [0.4, 0.5) is 14.5 Å². The fraction of sp³-hybridized carbons (Fsp3) is 0.208. The fourth-order valence-electron chi connectivity index (χ4n) is 3.79. The molecule has 3 aromatic carbocycles. The summed E-state index contributed by atoms with van der Waals surface area (Å²) in [5.74, 6) is -1.76. The van der Waals surface area contributed by atoms with Gasteiger partial charge < -0.3 is 10.1 Å². The quantitative estimate of drug-likeness (QED) is 0.586. The molecule has 0 saturated heterocycles. The van der Waals surface area contributed by atoms with E-state index in [2.05, 4.69) is 5.32 Å². The maximum atomic E-state index is 14.1. The highest BCUT2D eigenvalue weighted by Gasteiger charge is 2.39. The Labute approximate surface area is 190 Å². The third-order valence-corrected chi connectivity index (χ3v) is 7.30. The molecule has 33 heavy (non-hydrogen) atoms. The predicted molar refractivity (Wildman–Crippen MR) is 119 cm³/mol. The smallest absolute Gasteiger partial charge is 0.244 e. The van der Waals surface area contributed by atoms with Crippen LogP contribution in [0.2, 0.25) is 0 Å². The van der Waals surface area contributed by atoms with Crippen molar-refractivity contribution in [2.75, 3.05) is 11.9 Å². The number of hydrogen-bond donors (Lipinski definition) is 1. The van der Waals surface area contributed by atoms with Gasteiger partial charge in [0.2, 0.25) is 15.9 Å². The van der Waals surface area contributed by atoms with E-state index in [0.29, 0.717) is 12.4 Å². The van der Waals surface area contributed by atoms with Gasteiger partial charge in [-0.05, 0) is 60.9 Å². The molecule has 0 saturated carbocycles. The van der Waals surface area contributed by atoms with Crippen molar-refractivity contribution in [2.45, 2.75) is 30.8 Å². The van der Waals surface area contributed by atoms with Crippen molar-refractivity contribution in [1.82, 2.24) is 4.31 Å². The van der Waals surface area contributed by atoms with Gasteiger partial charge in [-0.2, -0.15) is 4.31 Å². The summed E-state index contributed by atoms with van der Waals surface area (Å²) >= 11 is 0. The van der Waals surface area contributed by atoms with Crippen molar-refractivity contribution in [2.24, 2.45) is 0 Å². The average Bonchev–Trinajstić information content (AvgIpc) is 2.81. The Morgan fingerprint density at radius 3 is 2.45 bits per heavy atom. The SMILES string of the molecule is CCOc1ccc(S(=O)(=O)N2Cc3ccccc3C[C@@H]2C(=O)Nc2cc(F)ccc2F)cc1. The summed E-state index contributed by atoms with van der Waals surface area (Å²) in [6.45, 7) is 2.23. The summed E-state index contributed by atoms with van der Waals surface area (Å²) in [4.78, 5) is 13.1. The Balaban J connectivity index is 1.70. The van der Waals surface area contributed by atoms with E-state index in [1.165, 1.54) is 12.1 Å². The normalized spacial score (nSPS) is 16.2. The van der Waals surface area contributed by atoms with Gasteiger partial charge in [0.1, 0.15) is 23.4 Å². The minimum atomic E-state index is -4.09. The number of nitrogens with one attached hydrogen (secondary N) is 1. The molecule has 0 bridgehead atoms. The van der Waals surface area contributed by atoms with Gasteiger partial charge in [-0.3, -0.25) is 4.79 Å². The Morgan fingerprint density at radius 2 is 1.76 bits per heavy atom. The molecule has 4 rings (SSSR count). The van der Waals surface area contributed by atoms with Gasteiger partial charge >= 0.3 is 0 Å². The lowest BCUT2D eigenvalue weighted by atomic mass is 9.95. The van der Waals surface area contributed by atoms with Crippen molar-refractivity contribution in [3.05, 3.63) is 89.5 Å². The summed E-state index contributed by atoms with van der Waals surface area (Å²) in [7, 11) is -4.09. The predicted octanol–water partition coefficient (Wildman–Crippen LogP) is 4.12. The number of amides is 1. The van der Waals surface area contributed by atoms with Gasteiger partial charge in [-0.15, -0.1) is 0 Å². The van der Waals surface area contributed by atoms with Crippen LogP contribution in [0.25, 0.3) is 0 Å². The average molecular weight is 473 g/mol. The molecule has 1 aliphatic rings.